The first-order chi connectivity index (χ1) is 14.1. The monoisotopic (exact) mass is 394 g/mol. The fourth-order valence-electron chi connectivity index (χ4n) is 4.63. The van der Waals surface area contributed by atoms with Crippen LogP contribution >= 0.6 is 0 Å². The summed E-state index contributed by atoms with van der Waals surface area (Å²) in [5.41, 5.74) is 5.08. The summed E-state index contributed by atoms with van der Waals surface area (Å²) in [6, 6.07) is 10.3. The maximum atomic E-state index is 12.7. The second kappa shape index (κ2) is 8.95. The average molecular weight is 395 g/mol. The summed E-state index contributed by atoms with van der Waals surface area (Å²) < 4.78 is 7.75. The van der Waals surface area contributed by atoms with E-state index in [0.29, 0.717) is 18.9 Å². The molecule has 2 aromatic rings. The molecule has 5 nitrogen and oxygen atoms in total. The van der Waals surface area contributed by atoms with Crippen LogP contribution in [0.5, 0.6) is 0 Å². The number of aromatic nitrogens is 1. The third-order valence-electron chi connectivity index (χ3n) is 6.22. The normalized spacial score (nSPS) is 19.1. The third kappa shape index (κ3) is 4.45. The summed E-state index contributed by atoms with van der Waals surface area (Å²) in [4.78, 5) is 25.4. The van der Waals surface area contributed by atoms with Gasteiger partial charge in [0.2, 0.25) is 5.91 Å². The van der Waals surface area contributed by atoms with Crippen LogP contribution in [-0.2, 0) is 28.9 Å². The Morgan fingerprint density at radius 2 is 2.03 bits per heavy atom. The highest BCUT2D eigenvalue weighted by Gasteiger charge is 2.29. The molecule has 0 radical (unpaired) electrons. The van der Waals surface area contributed by atoms with E-state index in [0.717, 1.165) is 68.0 Å². The number of nitrogens with one attached hydrogen (secondary N) is 1. The van der Waals surface area contributed by atoms with Gasteiger partial charge in [-0.15, -0.1) is 0 Å². The summed E-state index contributed by atoms with van der Waals surface area (Å²) >= 11 is 0. The fraction of sp³-hybridized carbons (Fsp3) is 0.500. The number of benzene rings is 1. The van der Waals surface area contributed by atoms with E-state index in [1.807, 2.05) is 25.1 Å². The molecule has 1 amide bonds. The number of carbonyl (C=O) groups is 2. The Bertz CT molecular complexity index is 879. The van der Waals surface area contributed by atoms with E-state index < -0.39 is 0 Å². The number of Topliss-reactive ketones (excluding diaryl/α,β-unsaturated/α-hetero) is 1. The van der Waals surface area contributed by atoms with Crippen LogP contribution in [0.1, 0.15) is 58.6 Å². The lowest BCUT2D eigenvalue weighted by molar-refractivity contribution is -0.120. The van der Waals surface area contributed by atoms with Gasteiger partial charge in [0.1, 0.15) is 0 Å². The van der Waals surface area contributed by atoms with Crippen LogP contribution in [0, 0.1) is 12.8 Å². The van der Waals surface area contributed by atoms with Gasteiger partial charge in [-0.25, -0.2) is 0 Å². The van der Waals surface area contributed by atoms with Gasteiger partial charge in [-0.1, -0.05) is 30.3 Å². The second-order valence-corrected chi connectivity index (χ2v) is 8.30. The minimum absolute atomic E-state index is 0.00305. The first-order valence-electron chi connectivity index (χ1n) is 10.8. The fourth-order valence-corrected chi connectivity index (χ4v) is 4.63. The molecule has 29 heavy (non-hydrogen) atoms. The summed E-state index contributed by atoms with van der Waals surface area (Å²) in [6.07, 6.45) is 4.79. The summed E-state index contributed by atoms with van der Waals surface area (Å²) in [6.45, 7) is 4.99. The van der Waals surface area contributed by atoms with Gasteiger partial charge in [0.15, 0.2) is 5.78 Å². The van der Waals surface area contributed by atoms with Crippen molar-refractivity contribution in [2.45, 2.75) is 52.0 Å². The molecular formula is C24H30N2O3. The van der Waals surface area contributed by atoms with Crippen LogP contribution in [0.3, 0.4) is 0 Å². The van der Waals surface area contributed by atoms with Crippen LogP contribution in [-0.4, -0.2) is 36.0 Å². The topological polar surface area (TPSA) is 60.3 Å². The van der Waals surface area contributed by atoms with Crippen molar-refractivity contribution < 1.29 is 14.3 Å². The highest BCUT2D eigenvalue weighted by molar-refractivity contribution is 6.01. The van der Waals surface area contributed by atoms with Gasteiger partial charge in [-0.05, 0) is 49.7 Å². The Kier molecular flexibility index (Phi) is 6.14. The van der Waals surface area contributed by atoms with Gasteiger partial charge in [-0.3, -0.25) is 9.59 Å². The molecule has 2 aliphatic rings. The zero-order chi connectivity index (χ0) is 20.2. The lowest BCUT2D eigenvalue weighted by atomic mass is 9.92. The first-order valence-corrected chi connectivity index (χ1v) is 10.8. The molecule has 154 valence electrons. The van der Waals surface area contributed by atoms with Gasteiger partial charge in [0.25, 0.3) is 0 Å². The van der Waals surface area contributed by atoms with Crippen molar-refractivity contribution >= 4 is 11.7 Å². The van der Waals surface area contributed by atoms with E-state index in [-0.39, 0.29) is 18.1 Å². The molecule has 1 aromatic heterocycles. The molecule has 0 unspecified atom stereocenters. The molecule has 1 fully saturated rings. The van der Waals surface area contributed by atoms with E-state index in [2.05, 4.69) is 22.0 Å². The average Bonchev–Trinajstić information content (AvgIpc) is 3.01. The van der Waals surface area contributed by atoms with Crippen molar-refractivity contribution in [2.75, 3.05) is 19.8 Å². The van der Waals surface area contributed by atoms with E-state index >= 15 is 0 Å². The standard InChI is InChI=1S/C24H30N2O3/c1-17-20(13-23(28)25-14-19-9-6-12-29-16-19)24-21(10-5-11-22(24)27)26(17)15-18-7-3-2-4-8-18/h2-4,7-8,19H,5-6,9-16H2,1H3,(H,25,28)/t19-/m1/s1. The van der Waals surface area contributed by atoms with Crippen molar-refractivity contribution in [3.05, 3.63) is 58.4 Å². The number of ether oxygens (including phenoxy) is 1. The molecule has 0 spiro atoms. The maximum Gasteiger partial charge on any atom is 0.224 e. The van der Waals surface area contributed by atoms with E-state index in [4.69, 9.17) is 4.74 Å². The van der Waals surface area contributed by atoms with Gasteiger partial charge in [0.05, 0.1) is 13.0 Å². The number of nitrogens with zero attached hydrogens (tertiary/aromatic N) is 1. The van der Waals surface area contributed by atoms with Crippen molar-refractivity contribution in [2.24, 2.45) is 5.92 Å². The van der Waals surface area contributed by atoms with Crippen LogP contribution < -0.4 is 5.32 Å². The molecule has 1 aliphatic heterocycles. The quantitative estimate of drug-likeness (QED) is 0.816. The zero-order valence-corrected chi connectivity index (χ0v) is 17.2. The van der Waals surface area contributed by atoms with Crippen LogP contribution in [0.4, 0.5) is 0 Å². The SMILES string of the molecule is Cc1c(CC(=O)NC[C@H]2CCCOC2)c2c(n1Cc1ccccc1)CCCC2=O. The number of hydrogen-bond donors (Lipinski definition) is 1. The number of fused-ring (bicyclic) bond motifs is 1. The van der Waals surface area contributed by atoms with Crippen molar-refractivity contribution in [3.63, 3.8) is 0 Å². The van der Waals surface area contributed by atoms with Crippen molar-refractivity contribution in [1.29, 1.82) is 0 Å². The minimum atomic E-state index is -0.00305. The molecule has 1 saturated heterocycles. The molecule has 4 rings (SSSR count). The lowest BCUT2D eigenvalue weighted by Gasteiger charge is -2.22. The number of amides is 1. The van der Waals surface area contributed by atoms with Gasteiger partial charge in [-0.2, -0.15) is 0 Å². The highest BCUT2D eigenvalue weighted by Crippen LogP contribution is 2.31. The number of ketones is 1. The molecule has 5 heteroatoms. The van der Waals surface area contributed by atoms with Crippen molar-refractivity contribution in [1.82, 2.24) is 9.88 Å². The highest BCUT2D eigenvalue weighted by atomic mass is 16.5. The number of hydrogen-bond acceptors (Lipinski definition) is 3. The number of rotatable bonds is 6. The Balaban J connectivity index is 1.54. The van der Waals surface area contributed by atoms with Crippen LogP contribution in [0.15, 0.2) is 30.3 Å². The molecule has 1 aliphatic carbocycles. The molecule has 1 aromatic carbocycles. The first kappa shape index (κ1) is 19.9. The van der Waals surface area contributed by atoms with E-state index in [9.17, 15) is 9.59 Å². The maximum absolute atomic E-state index is 12.7. The van der Waals surface area contributed by atoms with Crippen LogP contribution in [0.25, 0.3) is 0 Å². The second-order valence-electron chi connectivity index (χ2n) is 8.30. The largest absolute Gasteiger partial charge is 0.381 e. The lowest BCUT2D eigenvalue weighted by Crippen LogP contribution is -2.34. The predicted octanol–water partition coefficient (Wildman–Crippen LogP) is 3.45. The Labute approximate surface area is 172 Å². The Morgan fingerprint density at radius 1 is 1.21 bits per heavy atom. The molecule has 0 saturated carbocycles. The summed E-state index contributed by atoms with van der Waals surface area (Å²) in [7, 11) is 0. The van der Waals surface area contributed by atoms with E-state index in [1.165, 1.54) is 5.56 Å². The molecular weight excluding hydrogens is 364 g/mol. The zero-order valence-electron chi connectivity index (χ0n) is 17.2. The smallest absolute Gasteiger partial charge is 0.224 e. The molecule has 1 N–H and O–H groups in total. The molecule has 1 atom stereocenters. The van der Waals surface area contributed by atoms with Gasteiger partial charge >= 0.3 is 0 Å². The molecule has 0 bridgehead atoms. The minimum Gasteiger partial charge on any atom is -0.381 e. The van der Waals surface area contributed by atoms with E-state index in [1.54, 1.807) is 0 Å². The van der Waals surface area contributed by atoms with Gasteiger partial charge in [0, 0.05) is 43.1 Å². The molecule has 2 heterocycles. The Hall–Kier alpha value is -2.40. The van der Waals surface area contributed by atoms with Gasteiger partial charge < -0.3 is 14.6 Å². The summed E-state index contributed by atoms with van der Waals surface area (Å²) in [5.74, 6) is 0.577. The summed E-state index contributed by atoms with van der Waals surface area (Å²) in [5, 5.41) is 3.07. The third-order valence-corrected chi connectivity index (χ3v) is 6.22. The van der Waals surface area contributed by atoms with Crippen molar-refractivity contribution in [3.8, 4) is 0 Å². The predicted molar refractivity (Wildman–Crippen MR) is 112 cm³/mol. The Morgan fingerprint density at radius 3 is 2.79 bits per heavy atom. The van der Waals surface area contributed by atoms with Crippen LogP contribution in [0.2, 0.25) is 0 Å². The number of carbonyl (C=O) groups excluding carboxylic acids is 2.